The summed E-state index contributed by atoms with van der Waals surface area (Å²) in [6.07, 6.45) is 6.85. The zero-order valence-corrected chi connectivity index (χ0v) is 12.2. The van der Waals surface area contributed by atoms with Crippen LogP contribution in [0.15, 0.2) is 39.9 Å². The summed E-state index contributed by atoms with van der Waals surface area (Å²) in [5.41, 5.74) is 1.89. The maximum atomic E-state index is 4.41. The second-order valence-electron chi connectivity index (χ2n) is 3.41. The van der Waals surface area contributed by atoms with Crippen molar-refractivity contribution in [3.8, 4) is 0 Å². The standard InChI is InChI=1S/C11H10Br2N4/c1-14-10(7-3-15-6-16-4-7)11-9(13)2-8(12)5-17-11/h2-6,10,14H,1H3. The first kappa shape index (κ1) is 12.6. The van der Waals surface area contributed by atoms with Gasteiger partial charge in [-0.3, -0.25) is 4.98 Å². The number of rotatable bonds is 3. The molecule has 17 heavy (non-hydrogen) atoms. The van der Waals surface area contributed by atoms with Gasteiger partial charge in [-0.2, -0.15) is 0 Å². The summed E-state index contributed by atoms with van der Waals surface area (Å²) in [6.45, 7) is 0. The monoisotopic (exact) mass is 356 g/mol. The summed E-state index contributed by atoms with van der Waals surface area (Å²) in [5, 5.41) is 3.21. The Hall–Kier alpha value is -0.850. The first-order chi connectivity index (χ1) is 8.22. The average molecular weight is 358 g/mol. The van der Waals surface area contributed by atoms with Crippen molar-refractivity contribution in [1.82, 2.24) is 20.3 Å². The van der Waals surface area contributed by atoms with E-state index in [0.717, 1.165) is 20.2 Å². The Kier molecular flexibility index (Phi) is 4.20. The molecule has 0 aliphatic carbocycles. The second kappa shape index (κ2) is 5.66. The molecular weight excluding hydrogens is 348 g/mol. The van der Waals surface area contributed by atoms with Crippen molar-refractivity contribution in [2.24, 2.45) is 0 Å². The average Bonchev–Trinajstić information content (AvgIpc) is 2.34. The second-order valence-corrected chi connectivity index (χ2v) is 5.18. The molecule has 0 spiro atoms. The van der Waals surface area contributed by atoms with Gasteiger partial charge in [0.05, 0.1) is 11.7 Å². The van der Waals surface area contributed by atoms with Crippen molar-refractivity contribution in [2.75, 3.05) is 7.05 Å². The summed E-state index contributed by atoms with van der Waals surface area (Å²) in [7, 11) is 1.88. The molecule has 0 bridgehead atoms. The Morgan fingerprint density at radius 1 is 1.18 bits per heavy atom. The first-order valence-corrected chi connectivity index (χ1v) is 6.54. The van der Waals surface area contributed by atoms with Gasteiger partial charge in [-0.15, -0.1) is 0 Å². The Morgan fingerprint density at radius 2 is 1.88 bits per heavy atom. The van der Waals surface area contributed by atoms with Crippen molar-refractivity contribution in [2.45, 2.75) is 6.04 Å². The fraction of sp³-hybridized carbons (Fsp3) is 0.182. The molecule has 0 saturated carbocycles. The van der Waals surface area contributed by atoms with E-state index < -0.39 is 0 Å². The van der Waals surface area contributed by atoms with Crippen LogP contribution >= 0.6 is 31.9 Å². The van der Waals surface area contributed by atoms with Gasteiger partial charge in [0.15, 0.2) is 0 Å². The van der Waals surface area contributed by atoms with E-state index in [-0.39, 0.29) is 6.04 Å². The first-order valence-electron chi connectivity index (χ1n) is 4.95. The highest BCUT2D eigenvalue weighted by Gasteiger charge is 2.17. The van der Waals surface area contributed by atoms with Gasteiger partial charge in [0.25, 0.3) is 0 Å². The molecule has 2 aromatic heterocycles. The van der Waals surface area contributed by atoms with E-state index in [2.05, 4.69) is 52.1 Å². The molecule has 2 aromatic rings. The molecule has 0 radical (unpaired) electrons. The molecule has 6 heteroatoms. The van der Waals surface area contributed by atoms with Gasteiger partial charge in [0.1, 0.15) is 6.33 Å². The summed E-state index contributed by atoms with van der Waals surface area (Å²) in [6, 6.07) is 1.94. The molecule has 0 aliphatic heterocycles. The minimum absolute atomic E-state index is 0.0290. The molecule has 0 aromatic carbocycles. The van der Waals surface area contributed by atoms with Crippen LogP contribution in [0.5, 0.6) is 0 Å². The van der Waals surface area contributed by atoms with E-state index in [1.807, 2.05) is 13.1 Å². The van der Waals surface area contributed by atoms with E-state index in [1.165, 1.54) is 6.33 Å². The summed E-state index contributed by atoms with van der Waals surface area (Å²) >= 11 is 6.90. The lowest BCUT2D eigenvalue weighted by atomic mass is 10.1. The zero-order chi connectivity index (χ0) is 12.3. The lowest BCUT2D eigenvalue weighted by Crippen LogP contribution is -2.19. The molecule has 2 rings (SSSR count). The van der Waals surface area contributed by atoms with E-state index in [1.54, 1.807) is 18.6 Å². The Labute approximate surface area is 116 Å². The maximum absolute atomic E-state index is 4.41. The summed E-state index contributed by atoms with van der Waals surface area (Å²) in [4.78, 5) is 12.5. The van der Waals surface area contributed by atoms with Crippen molar-refractivity contribution in [3.05, 3.63) is 51.2 Å². The molecule has 1 atom stereocenters. The molecule has 0 aliphatic rings. The highest BCUT2D eigenvalue weighted by atomic mass is 79.9. The summed E-state index contributed by atoms with van der Waals surface area (Å²) in [5.74, 6) is 0. The normalized spacial score (nSPS) is 12.4. The van der Waals surface area contributed by atoms with E-state index in [4.69, 9.17) is 0 Å². The van der Waals surface area contributed by atoms with Crippen LogP contribution in [-0.4, -0.2) is 22.0 Å². The summed E-state index contributed by atoms with van der Waals surface area (Å²) < 4.78 is 1.88. The van der Waals surface area contributed by atoms with Gasteiger partial charge in [0.2, 0.25) is 0 Å². The molecule has 1 N–H and O–H groups in total. The Bertz CT molecular complexity index is 504. The van der Waals surface area contributed by atoms with Crippen LogP contribution in [0, 0.1) is 0 Å². The van der Waals surface area contributed by atoms with Crippen molar-refractivity contribution < 1.29 is 0 Å². The number of nitrogens with zero attached hydrogens (tertiary/aromatic N) is 3. The number of aromatic nitrogens is 3. The van der Waals surface area contributed by atoms with Crippen LogP contribution < -0.4 is 5.32 Å². The van der Waals surface area contributed by atoms with E-state index in [9.17, 15) is 0 Å². The zero-order valence-electron chi connectivity index (χ0n) is 9.06. The van der Waals surface area contributed by atoms with E-state index in [0.29, 0.717) is 0 Å². The molecule has 0 fully saturated rings. The van der Waals surface area contributed by atoms with Crippen LogP contribution in [0.2, 0.25) is 0 Å². The van der Waals surface area contributed by atoms with Crippen LogP contribution in [0.4, 0.5) is 0 Å². The SMILES string of the molecule is CNC(c1cncnc1)c1ncc(Br)cc1Br. The van der Waals surface area contributed by atoms with Crippen molar-refractivity contribution in [3.63, 3.8) is 0 Å². The number of nitrogens with one attached hydrogen (secondary N) is 1. The third-order valence-corrected chi connectivity index (χ3v) is 3.38. The van der Waals surface area contributed by atoms with Crippen molar-refractivity contribution in [1.29, 1.82) is 0 Å². The Balaban J connectivity index is 2.42. The van der Waals surface area contributed by atoms with Gasteiger partial charge in [0, 0.05) is 33.1 Å². The number of hydrogen-bond donors (Lipinski definition) is 1. The van der Waals surface area contributed by atoms with Gasteiger partial charge >= 0.3 is 0 Å². The highest BCUT2D eigenvalue weighted by Crippen LogP contribution is 2.27. The van der Waals surface area contributed by atoms with Gasteiger partial charge in [-0.05, 0) is 45.0 Å². The molecular formula is C11H10Br2N4. The predicted octanol–water partition coefficient (Wildman–Crippen LogP) is 2.71. The molecule has 88 valence electrons. The fourth-order valence-corrected chi connectivity index (χ4v) is 2.77. The highest BCUT2D eigenvalue weighted by molar-refractivity contribution is 9.11. The topological polar surface area (TPSA) is 50.7 Å². The van der Waals surface area contributed by atoms with Crippen LogP contribution in [0.25, 0.3) is 0 Å². The largest absolute Gasteiger partial charge is 0.308 e. The van der Waals surface area contributed by atoms with E-state index >= 15 is 0 Å². The lowest BCUT2D eigenvalue weighted by Gasteiger charge is -2.16. The quantitative estimate of drug-likeness (QED) is 0.917. The molecule has 4 nitrogen and oxygen atoms in total. The fourth-order valence-electron chi connectivity index (χ4n) is 1.56. The third-order valence-electron chi connectivity index (χ3n) is 2.31. The Morgan fingerprint density at radius 3 is 2.47 bits per heavy atom. The maximum Gasteiger partial charge on any atom is 0.115 e. The van der Waals surface area contributed by atoms with Gasteiger partial charge < -0.3 is 5.32 Å². The number of halogens is 2. The number of pyridine rings is 1. The molecule has 0 saturated heterocycles. The van der Waals surface area contributed by atoms with Gasteiger partial charge in [-0.25, -0.2) is 9.97 Å². The van der Waals surface area contributed by atoms with Crippen LogP contribution in [0.3, 0.4) is 0 Å². The van der Waals surface area contributed by atoms with Crippen LogP contribution in [-0.2, 0) is 0 Å². The minimum Gasteiger partial charge on any atom is -0.308 e. The van der Waals surface area contributed by atoms with Gasteiger partial charge in [-0.1, -0.05) is 0 Å². The minimum atomic E-state index is -0.0290. The lowest BCUT2D eigenvalue weighted by molar-refractivity contribution is 0.661. The predicted molar refractivity (Wildman–Crippen MR) is 72.6 cm³/mol. The molecule has 1 unspecified atom stereocenters. The smallest absolute Gasteiger partial charge is 0.115 e. The van der Waals surface area contributed by atoms with Crippen LogP contribution in [0.1, 0.15) is 17.3 Å². The number of hydrogen-bond acceptors (Lipinski definition) is 4. The third kappa shape index (κ3) is 2.88. The molecule has 2 heterocycles. The van der Waals surface area contributed by atoms with Crippen molar-refractivity contribution >= 4 is 31.9 Å². The molecule has 0 amide bonds.